The molecule has 1 spiro atoms. The first-order valence-corrected chi connectivity index (χ1v) is 8.33. The number of hydrogen-bond acceptors (Lipinski definition) is 4. The van der Waals surface area contributed by atoms with Crippen molar-refractivity contribution in [3.8, 4) is 0 Å². The molecule has 2 fully saturated rings. The number of ether oxygens (including phenoxy) is 3. The monoisotopic (exact) mass is 303 g/mol. The van der Waals surface area contributed by atoms with Crippen molar-refractivity contribution in [2.24, 2.45) is 0 Å². The summed E-state index contributed by atoms with van der Waals surface area (Å²) < 4.78 is 17.5. The van der Waals surface area contributed by atoms with Crippen molar-refractivity contribution < 1.29 is 14.2 Å². The van der Waals surface area contributed by atoms with Gasteiger partial charge in [-0.05, 0) is 30.5 Å². The molecule has 0 saturated carbocycles. The van der Waals surface area contributed by atoms with Crippen LogP contribution in [0.3, 0.4) is 0 Å². The molecule has 0 atom stereocenters. The van der Waals surface area contributed by atoms with E-state index >= 15 is 0 Å². The Balaban J connectivity index is 1.40. The average molecular weight is 303 g/mol. The lowest BCUT2D eigenvalue weighted by atomic mass is 9.94. The lowest BCUT2D eigenvalue weighted by molar-refractivity contribution is -0.185. The standard InChI is InChI=1S/C18H25NO3/c1-17(2)16-4-3-14(11-15(16)13-22-17)12-19-7-5-18(6-8-19)20-9-10-21-18/h3-4,11H,5-10,12-13H2,1-2H3. The number of benzene rings is 1. The molecule has 0 bridgehead atoms. The highest BCUT2D eigenvalue weighted by Gasteiger charge is 2.39. The van der Waals surface area contributed by atoms with E-state index in [9.17, 15) is 0 Å². The van der Waals surface area contributed by atoms with Gasteiger partial charge in [-0.2, -0.15) is 0 Å². The van der Waals surface area contributed by atoms with E-state index in [1.54, 1.807) is 0 Å². The molecule has 4 heteroatoms. The maximum Gasteiger partial charge on any atom is 0.170 e. The summed E-state index contributed by atoms with van der Waals surface area (Å²) in [5.41, 5.74) is 3.92. The average Bonchev–Trinajstić information content (AvgIpc) is 3.07. The summed E-state index contributed by atoms with van der Waals surface area (Å²) in [7, 11) is 0. The number of hydrogen-bond donors (Lipinski definition) is 0. The number of fused-ring (bicyclic) bond motifs is 1. The fourth-order valence-electron chi connectivity index (χ4n) is 3.88. The summed E-state index contributed by atoms with van der Waals surface area (Å²) in [6.07, 6.45) is 1.96. The Morgan fingerprint density at radius 2 is 1.77 bits per heavy atom. The molecule has 1 aromatic rings. The third-order valence-corrected chi connectivity index (χ3v) is 5.24. The Kier molecular flexibility index (Phi) is 3.53. The van der Waals surface area contributed by atoms with Gasteiger partial charge in [0.05, 0.1) is 25.4 Å². The molecule has 0 aromatic heterocycles. The topological polar surface area (TPSA) is 30.9 Å². The molecule has 0 N–H and O–H groups in total. The zero-order valence-electron chi connectivity index (χ0n) is 13.6. The first-order valence-electron chi connectivity index (χ1n) is 8.33. The van der Waals surface area contributed by atoms with Gasteiger partial charge in [-0.25, -0.2) is 0 Å². The Morgan fingerprint density at radius 3 is 2.50 bits per heavy atom. The molecule has 22 heavy (non-hydrogen) atoms. The van der Waals surface area contributed by atoms with E-state index in [2.05, 4.69) is 36.9 Å². The van der Waals surface area contributed by atoms with Crippen LogP contribution in [0.2, 0.25) is 0 Å². The van der Waals surface area contributed by atoms with Crippen molar-refractivity contribution >= 4 is 0 Å². The summed E-state index contributed by atoms with van der Waals surface area (Å²) in [5.74, 6) is -0.272. The minimum Gasteiger partial charge on any atom is -0.366 e. The molecule has 0 amide bonds. The summed E-state index contributed by atoms with van der Waals surface area (Å²) in [4.78, 5) is 2.50. The van der Waals surface area contributed by atoms with E-state index in [1.165, 1.54) is 16.7 Å². The van der Waals surface area contributed by atoms with E-state index in [1.807, 2.05) is 0 Å². The van der Waals surface area contributed by atoms with Crippen molar-refractivity contribution in [3.05, 3.63) is 34.9 Å². The second kappa shape index (κ2) is 5.31. The minimum atomic E-state index is -0.272. The van der Waals surface area contributed by atoms with Crippen LogP contribution in [0, 0.1) is 0 Å². The molecular weight excluding hydrogens is 278 g/mol. The van der Waals surface area contributed by atoms with E-state index in [4.69, 9.17) is 14.2 Å². The van der Waals surface area contributed by atoms with Crippen LogP contribution in [0.5, 0.6) is 0 Å². The largest absolute Gasteiger partial charge is 0.366 e. The highest BCUT2D eigenvalue weighted by molar-refractivity contribution is 5.37. The smallest absolute Gasteiger partial charge is 0.170 e. The molecule has 120 valence electrons. The maximum absolute atomic E-state index is 5.87. The van der Waals surface area contributed by atoms with E-state index in [-0.39, 0.29) is 11.4 Å². The summed E-state index contributed by atoms with van der Waals surface area (Å²) in [6, 6.07) is 6.81. The Bertz CT molecular complexity index is 553. The summed E-state index contributed by atoms with van der Waals surface area (Å²) >= 11 is 0. The number of nitrogens with zero attached hydrogens (tertiary/aromatic N) is 1. The molecule has 3 aliphatic rings. The normalized spacial score (nSPS) is 26.5. The van der Waals surface area contributed by atoms with Gasteiger partial charge in [0.2, 0.25) is 0 Å². The SMILES string of the molecule is CC1(C)OCc2cc(CN3CCC4(CC3)OCCO4)ccc21. The number of likely N-dealkylation sites (tertiary alicyclic amines) is 1. The summed E-state index contributed by atoms with van der Waals surface area (Å²) in [6.45, 7) is 9.61. The van der Waals surface area contributed by atoms with Gasteiger partial charge in [0.15, 0.2) is 5.79 Å². The zero-order chi connectivity index (χ0) is 15.2. The molecule has 3 aliphatic heterocycles. The lowest BCUT2D eigenvalue weighted by Gasteiger charge is -2.37. The quantitative estimate of drug-likeness (QED) is 0.840. The van der Waals surface area contributed by atoms with Crippen molar-refractivity contribution in [2.45, 2.75) is 51.2 Å². The van der Waals surface area contributed by atoms with Crippen LogP contribution in [0.4, 0.5) is 0 Å². The van der Waals surface area contributed by atoms with Gasteiger partial charge < -0.3 is 14.2 Å². The Labute approximate surface area is 132 Å². The molecule has 0 aliphatic carbocycles. The fraction of sp³-hybridized carbons (Fsp3) is 0.667. The highest BCUT2D eigenvalue weighted by Crippen LogP contribution is 2.36. The fourth-order valence-corrected chi connectivity index (χ4v) is 3.88. The molecule has 3 heterocycles. The molecule has 0 unspecified atom stereocenters. The molecule has 4 nitrogen and oxygen atoms in total. The van der Waals surface area contributed by atoms with Gasteiger partial charge in [-0.1, -0.05) is 18.2 Å². The molecule has 4 rings (SSSR count). The molecule has 1 aromatic carbocycles. The van der Waals surface area contributed by atoms with Gasteiger partial charge in [-0.15, -0.1) is 0 Å². The first-order chi connectivity index (χ1) is 10.6. The van der Waals surface area contributed by atoms with Crippen LogP contribution in [0.1, 0.15) is 43.4 Å². The van der Waals surface area contributed by atoms with Crippen molar-refractivity contribution in [1.29, 1.82) is 0 Å². The van der Waals surface area contributed by atoms with Crippen molar-refractivity contribution in [1.82, 2.24) is 4.90 Å². The molecule has 2 saturated heterocycles. The Hall–Kier alpha value is -0.940. The third kappa shape index (κ3) is 2.58. The maximum atomic E-state index is 5.87. The Morgan fingerprint density at radius 1 is 1.05 bits per heavy atom. The summed E-state index contributed by atoms with van der Waals surface area (Å²) in [5, 5.41) is 0. The van der Waals surface area contributed by atoms with Crippen LogP contribution in [-0.4, -0.2) is 37.0 Å². The number of rotatable bonds is 2. The van der Waals surface area contributed by atoms with Gasteiger partial charge >= 0.3 is 0 Å². The minimum absolute atomic E-state index is 0.136. The van der Waals surface area contributed by atoms with Crippen LogP contribution >= 0.6 is 0 Å². The highest BCUT2D eigenvalue weighted by atomic mass is 16.7. The zero-order valence-corrected chi connectivity index (χ0v) is 13.6. The van der Waals surface area contributed by atoms with E-state index in [0.717, 1.165) is 52.3 Å². The predicted molar refractivity (Wildman–Crippen MR) is 83.4 cm³/mol. The van der Waals surface area contributed by atoms with Crippen LogP contribution < -0.4 is 0 Å². The van der Waals surface area contributed by atoms with Crippen LogP contribution in [0.25, 0.3) is 0 Å². The number of piperidine rings is 1. The predicted octanol–water partition coefficient (Wildman–Crippen LogP) is 2.79. The second-order valence-corrected chi connectivity index (χ2v) is 7.17. The first kappa shape index (κ1) is 14.6. The third-order valence-electron chi connectivity index (χ3n) is 5.24. The van der Waals surface area contributed by atoms with Gasteiger partial charge in [-0.3, -0.25) is 4.90 Å². The van der Waals surface area contributed by atoms with Gasteiger partial charge in [0.25, 0.3) is 0 Å². The second-order valence-electron chi connectivity index (χ2n) is 7.17. The van der Waals surface area contributed by atoms with E-state index < -0.39 is 0 Å². The van der Waals surface area contributed by atoms with Gasteiger partial charge in [0, 0.05) is 32.5 Å². The van der Waals surface area contributed by atoms with Crippen molar-refractivity contribution in [2.75, 3.05) is 26.3 Å². The molecule has 0 radical (unpaired) electrons. The molecular formula is C18H25NO3. The van der Waals surface area contributed by atoms with Crippen molar-refractivity contribution in [3.63, 3.8) is 0 Å². The van der Waals surface area contributed by atoms with Crippen LogP contribution in [0.15, 0.2) is 18.2 Å². The van der Waals surface area contributed by atoms with Crippen LogP contribution in [-0.2, 0) is 33.0 Å². The van der Waals surface area contributed by atoms with Gasteiger partial charge in [0.1, 0.15) is 0 Å². The lowest BCUT2D eigenvalue weighted by Crippen LogP contribution is -2.44. The van der Waals surface area contributed by atoms with E-state index in [0.29, 0.717) is 0 Å².